The monoisotopic (exact) mass is 137 g/mol. The molecule has 3 aliphatic rings. The van der Waals surface area contributed by atoms with E-state index in [4.69, 9.17) is 5.73 Å². The van der Waals surface area contributed by atoms with Gasteiger partial charge in [0.2, 0.25) is 0 Å². The quantitative estimate of drug-likeness (QED) is 0.584. The lowest BCUT2D eigenvalue weighted by Gasteiger charge is -2.19. The van der Waals surface area contributed by atoms with E-state index in [1.807, 2.05) is 0 Å². The van der Waals surface area contributed by atoms with E-state index in [9.17, 15) is 0 Å². The van der Waals surface area contributed by atoms with Gasteiger partial charge in [0.25, 0.3) is 0 Å². The average molecular weight is 137 g/mol. The van der Waals surface area contributed by atoms with E-state index in [2.05, 4.69) is 0 Å². The molecule has 2 atom stereocenters. The van der Waals surface area contributed by atoms with Crippen LogP contribution in [0.3, 0.4) is 0 Å². The van der Waals surface area contributed by atoms with E-state index >= 15 is 0 Å². The fourth-order valence-electron chi connectivity index (χ4n) is 3.22. The molecule has 3 rings (SSSR count). The van der Waals surface area contributed by atoms with Gasteiger partial charge in [0.1, 0.15) is 0 Å². The molecule has 2 N–H and O–H groups in total. The van der Waals surface area contributed by atoms with E-state index in [1.54, 1.807) is 0 Å². The van der Waals surface area contributed by atoms with Crippen LogP contribution < -0.4 is 5.73 Å². The van der Waals surface area contributed by atoms with E-state index < -0.39 is 0 Å². The maximum atomic E-state index is 6.23. The highest BCUT2D eigenvalue weighted by atomic mass is 14.9. The molecule has 3 aliphatic carbocycles. The van der Waals surface area contributed by atoms with Crippen LogP contribution >= 0.6 is 0 Å². The summed E-state index contributed by atoms with van der Waals surface area (Å²) in [5.41, 5.74) is 7.26. The van der Waals surface area contributed by atoms with Crippen LogP contribution in [0.1, 0.15) is 38.5 Å². The Morgan fingerprint density at radius 3 is 2.40 bits per heavy atom. The summed E-state index contributed by atoms with van der Waals surface area (Å²) in [6.45, 7) is 0. The van der Waals surface area contributed by atoms with E-state index in [1.165, 1.54) is 38.5 Å². The average Bonchev–Trinajstić information content (AvgIpc) is 2.79. The van der Waals surface area contributed by atoms with Gasteiger partial charge in [-0.3, -0.25) is 0 Å². The molecule has 3 fully saturated rings. The van der Waals surface area contributed by atoms with Gasteiger partial charge in [-0.1, -0.05) is 6.42 Å². The van der Waals surface area contributed by atoms with Gasteiger partial charge in [-0.2, -0.15) is 0 Å². The highest BCUT2D eigenvalue weighted by Crippen LogP contribution is 2.73. The van der Waals surface area contributed by atoms with Gasteiger partial charge in [-0.05, 0) is 43.4 Å². The molecule has 1 heteroatoms. The van der Waals surface area contributed by atoms with Crippen molar-refractivity contribution in [2.45, 2.75) is 44.1 Å². The number of nitrogens with two attached hydrogens (primary N) is 1. The summed E-state index contributed by atoms with van der Waals surface area (Å²) in [4.78, 5) is 0. The molecule has 0 amide bonds. The van der Waals surface area contributed by atoms with Crippen molar-refractivity contribution in [3.8, 4) is 0 Å². The molecule has 10 heavy (non-hydrogen) atoms. The summed E-state index contributed by atoms with van der Waals surface area (Å²) in [6.07, 6.45) is 8.52. The molecule has 0 heterocycles. The molecule has 0 aromatic rings. The molecule has 0 spiro atoms. The summed E-state index contributed by atoms with van der Waals surface area (Å²) in [7, 11) is 0. The fraction of sp³-hybridized carbons (Fsp3) is 1.00. The molecule has 0 radical (unpaired) electrons. The first kappa shape index (κ1) is 5.59. The van der Waals surface area contributed by atoms with E-state index in [0.717, 1.165) is 5.92 Å². The lowest BCUT2D eigenvalue weighted by Crippen LogP contribution is -2.33. The van der Waals surface area contributed by atoms with Crippen molar-refractivity contribution in [1.82, 2.24) is 0 Å². The van der Waals surface area contributed by atoms with E-state index in [-0.39, 0.29) is 0 Å². The summed E-state index contributed by atoms with van der Waals surface area (Å²) in [5, 5.41) is 0. The number of fused-ring (bicyclic) bond motifs is 1. The Morgan fingerprint density at radius 1 is 1.20 bits per heavy atom. The molecular formula is C9H15N. The zero-order valence-corrected chi connectivity index (χ0v) is 6.40. The second kappa shape index (κ2) is 1.29. The summed E-state index contributed by atoms with van der Waals surface area (Å²) < 4.78 is 0. The summed E-state index contributed by atoms with van der Waals surface area (Å²) >= 11 is 0. The van der Waals surface area contributed by atoms with Crippen LogP contribution in [0.15, 0.2) is 0 Å². The SMILES string of the molecule is NC1(C23CCCC2C3)CC1. The second-order valence-corrected chi connectivity index (χ2v) is 4.61. The number of hydrogen-bond acceptors (Lipinski definition) is 1. The normalized spacial score (nSPS) is 54.3. The molecule has 0 saturated heterocycles. The highest BCUT2D eigenvalue weighted by Gasteiger charge is 2.70. The van der Waals surface area contributed by atoms with Gasteiger partial charge in [-0.15, -0.1) is 0 Å². The van der Waals surface area contributed by atoms with Crippen molar-refractivity contribution in [2.24, 2.45) is 17.1 Å². The van der Waals surface area contributed by atoms with Crippen molar-refractivity contribution in [3.63, 3.8) is 0 Å². The van der Waals surface area contributed by atoms with Crippen LogP contribution in [0.5, 0.6) is 0 Å². The van der Waals surface area contributed by atoms with Crippen LogP contribution in [0.4, 0.5) is 0 Å². The first-order chi connectivity index (χ1) is 4.77. The Kier molecular flexibility index (Phi) is 0.722. The summed E-state index contributed by atoms with van der Waals surface area (Å²) in [5.74, 6) is 1.06. The predicted octanol–water partition coefficient (Wildman–Crippen LogP) is 1.67. The van der Waals surface area contributed by atoms with Gasteiger partial charge in [-0.25, -0.2) is 0 Å². The molecule has 56 valence electrons. The molecule has 0 bridgehead atoms. The van der Waals surface area contributed by atoms with Gasteiger partial charge in [0.15, 0.2) is 0 Å². The van der Waals surface area contributed by atoms with Crippen LogP contribution in [-0.4, -0.2) is 5.54 Å². The lowest BCUT2D eigenvalue weighted by molar-refractivity contribution is 0.362. The number of hydrogen-bond donors (Lipinski definition) is 1. The third-order valence-electron chi connectivity index (χ3n) is 4.19. The van der Waals surface area contributed by atoms with Gasteiger partial charge in [0, 0.05) is 5.54 Å². The van der Waals surface area contributed by atoms with Crippen molar-refractivity contribution >= 4 is 0 Å². The Labute approximate surface area is 62.0 Å². The van der Waals surface area contributed by atoms with Gasteiger partial charge in [0.05, 0.1) is 0 Å². The highest BCUT2D eigenvalue weighted by molar-refractivity contribution is 5.24. The topological polar surface area (TPSA) is 26.0 Å². The zero-order valence-electron chi connectivity index (χ0n) is 6.40. The minimum atomic E-state index is 0.341. The van der Waals surface area contributed by atoms with Crippen LogP contribution in [0, 0.1) is 11.3 Å². The zero-order chi connectivity index (χ0) is 6.82. The van der Waals surface area contributed by atoms with Crippen molar-refractivity contribution < 1.29 is 0 Å². The Balaban J connectivity index is 1.92. The number of rotatable bonds is 1. The molecule has 1 nitrogen and oxygen atoms in total. The summed E-state index contributed by atoms with van der Waals surface area (Å²) in [6, 6.07) is 0. The van der Waals surface area contributed by atoms with Crippen LogP contribution in [0.25, 0.3) is 0 Å². The smallest absolute Gasteiger partial charge is 0.0215 e. The molecule has 3 saturated carbocycles. The molecule has 0 aliphatic heterocycles. The Morgan fingerprint density at radius 2 is 2.00 bits per heavy atom. The molecular weight excluding hydrogens is 122 g/mol. The predicted molar refractivity (Wildman–Crippen MR) is 40.5 cm³/mol. The third-order valence-corrected chi connectivity index (χ3v) is 4.19. The van der Waals surface area contributed by atoms with Crippen molar-refractivity contribution in [3.05, 3.63) is 0 Å². The minimum absolute atomic E-state index is 0.341. The fourth-order valence-corrected chi connectivity index (χ4v) is 3.22. The first-order valence-electron chi connectivity index (χ1n) is 4.56. The van der Waals surface area contributed by atoms with Crippen molar-refractivity contribution in [2.75, 3.05) is 0 Å². The Bertz CT molecular complexity index is 183. The molecule has 2 unspecified atom stereocenters. The molecule has 0 aromatic heterocycles. The lowest BCUT2D eigenvalue weighted by atomic mass is 9.92. The van der Waals surface area contributed by atoms with Gasteiger partial charge < -0.3 is 5.73 Å². The van der Waals surface area contributed by atoms with Crippen LogP contribution in [-0.2, 0) is 0 Å². The standard InChI is InChI=1S/C9H15N/c10-9(4-5-9)8-3-1-2-7(8)6-8/h7H,1-6,10H2. The first-order valence-corrected chi connectivity index (χ1v) is 4.56. The van der Waals surface area contributed by atoms with Crippen LogP contribution in [0.2, 0.25) is 0 Å². The largest absolute Gasteiger partial charge is 0.325 e. The van der Waals surface area contributed by atoms with Crippen molar-refractivity contribution in [1.29, 1.82) is 0 Å². The third kappa shape index (κ3) is 0.430. The maximum absolute atomic E-state index is 6.23. The second-order valence-electron chi connectivity index (χ2n) is 4.61. The minimum Gasteiger partial charge on any atom is -0.325 e. The van der Waals surface area contributed by atoms with Gasteiger partial charge >= 0.3 is 0 Å². The Hall–Kier alpha value is -0.0400. The van der Waals surface area contributed by atoms with E-state index in [0.29, 0.717) is 11.0 Å². The maximum Gasteiger partial charge on any atom is 0.0215 e. The molecule has 0 aromatic carbocycles.